The van der Waals surface area contributed by atoms with E-state index in [1.807, 2.05) is 7.05 Å². The summed E-state index contributed by atoms with van der Waals surface area (Å²) in [6, 6.07) is 3.60. The smallest absolute Gasteiger partial charge is 0.176 e. The van der Waals surface area contributed by atoms with Crippen molar-refractivity contribution in [3.05, 3.63) is 23.8 Å². The van der Waals surface area contributed by atoms with Crippen molar-refractivity contribution in [2.24, 2.45) is 5.92 Å². The van der Waals surface area contributed by atoms with Gasteiger partial charge in [0.05, 0.1) is 11.9 Å². The lowest BCUT2D eigenvalue weighted by molar-refractivity contribution is 0.340. The van der Waals surface area contributed by atoms with Crippen molar-refractivity contribution in [3.63, 3.8) is 0 Å². The number of nitrogens with zero attached hydrogens (tertiary/aromatic N) is 3. The summed E-state index contributed by atoms with van der Waals surface area (Å²) in [7, 11) is 1.98. The maximum atomic E-state index is 13.5. The average molecular weight is 247 g/mol. The zero-order valence-corrected chi connectivity index (χ0v) is 10.9. The quantitative estimate of drug-likeness (QED) is 0.806. The maximum absolute atomic E-state index is 13.5. The van der Waals surface area contributed by atoms with Crippen molar-refractivity contribution in [1.29, 1.82) is 5.26 Å². The zero-order valence-electron chi connectivity index (χ0n) is 10.9. The third-order valence-electron chi connectivity index (χ3n) is 3.87. The lowest BCUT2D eigenvalue weighted by atomic mass is 9.86. The van der Waals surface area contributed by atoms with Crippen LogP contribution in [0.4, 0.5) is 10.1 Å². The molecule has 1 aliphatic rings. The Bertz CT molecular complexity index is 459. The molecular formula is C14H18FN3. The number of hydrogen-bond acceptors (Lipinski definition) is 3. The zero-order chi connectivity index (χ0) is 13.1. The molecule has 0 atom stereocenters. The Morgan fingerprint density at radius 2 is 2.06 bits per heavy atom. The number of anilines is 1. The van der Waals surface area contributed by atoms with Gasteiger partial charge in [0.1, 0.15) is 6.07 Å². The van der Waals surface area contributed by atoms with Crippen LogP contribution in [0, 0.1) is 23.1 Å². The molecule has 3 nitrogen and oxygen atoms in total. The molecule has 0 N–H and O–H groups in total. The predicted molar refractivity (Wildman–Crippen MR) is 68.7 cm³/mol. The molecule has 0 amide bonds. The molecule has 0 bridgehead atoms. The number of pyridine rings is 1. The monoisotopic (exact) mass is 247 g/mol. The van der Waals surface area contributed by atoms with Gasteiger partial charge < -0.3 is 4.90 Å². The summed E-state index contributed by atoms with van der Waals surface area (Å²) in [6.07, 6.45) is 6.31. The Labute approximate surface area is 107 Å². The normalized spacial score (nSPS) is 23.4. The molecule has 1 heterocycles. The van der Waals surface area contributed by atoms with Crippen molar-refractivity contribution in [2.45, 2.75) is 38.6 Å². The third-order valence-corrected chi connectivity index (χ3v) is 3.87. The average Bonchev–Trinajstić information content (AvgIpc) is 2.38. The first-order chi connectivity index (χ1) is 8.61. The summed E-state index contributed by atoms with van der Waals surface area (Å²) < 4.78 is 13.5. The van der Waals surface area contributed by atoms with Gasteiger partial charge in [-0.15, -0.1) is 0 Å². The molecule has 0 aliphatic heterocycles. The van der Waals surface area contributed by atoms with Crippen LogP contribution in [-0.2, 0) is 0 Å². The lowest BCUT2D eigenvalue weighted by Crippen LogP contribution is -2.34. The predicted octanol–water partition coefficient (Wildman–Crippen LogP) is 3.11. The van der Waals surface area contributed by atoms with Crippen LogP contribution in [0.2, 0.25) is 0 Å². The number of halogens is 1. The first kappa shape index (κ1) is 12.8. The second kappa shape index (κ2) is 5.34. The molecule has 1 aromatic heterocycles. The molecule has 0 unspecified atom stereocenters. The Morgan fingerprint density at radius 3 is 2.61 bits per heavy atom. The summed E-state index contributed by atoms with van der Waals surface area (Å²) in [6.45, 7) is 2.28. The first-order valence-corrected chi connectivity index (χ1v) is 6.40. The fourth-order valence-corrected chi connectivity index (χ4v) is 2.54. The molecule has 0 saturated heterocycles. The molecule has 0 spiro atoms. The van der Waals surface area contributed by atoms with Gasteiger partial charge in [0.25, 0.3) is 0 Å². The Kier molecular flexibility index (Phi) is 3.81. The van der Waals surface area contributed by atoms with E-state index in [4.69, 9.17) is 5.26 Å². The van der Waals surface area contributed by atoms with Crippen LogP contribution in [0.25, 0.3) is 0 Å². The highest BCUT2D eigenvalue weighted by Crippen LogP contribution is 2.29. The summed E-state index contributed by atoms with van der Waals surface area (Å²) in [5.41, 5.74) is 0.621. The van der Waals surface area contributed by atoms with Crippen LogP contribution in [0.3, 0.4) is 0 Å². The van der Waals surface area contributed by atoms with E-state index in [-0.39, 0.29) is 5.69 Å². The van der Waals surface area contributed by atoms with Gasteiger partial charge in [-0.1, -0.05) is 6.92 Å². The van der Waals surface area contributed by atoms with Gasteiger partial charge in [0.15, 0.2) is 11.5 Å². The van der Waals surface area contributed by atoms with E-state index in [2.05, 4.69) is 16.8 Å². The highest BCUT2D eigenvalue weighted by Gasteiger charge is 2.22. The van der Waals surface area contributed by atoms with E-state index >= 15 is 0 Å². The van der Waals surface area contributed by atoms with Crippen LogP contribution in [0.15, 0.2) is 12.3 Å². The maximum Gasteiger partial charge on any atom is 0.176 e. The number of aromatic nitrogens is 1. The summed E-state index contributed by atoms with van der Waals surface area (Å²) in [5.74, 6) is 0.261. The second-order valence-corrected chi connectivity index (χ2v) is 5.16. The van der Waals surface area contributed by atoms with E-state index in [1.165, 1.54) is 18.9 Å². The minimum absolute atomic E-state index is 0.135. The van der Waals surface area contributed by atoms with Crippen molar-refractivity contribution in [1.82, 2.24) is 4.98 Å². The van der Waals surface area contributed by atoms with Gasteiger partial charge >= 0.3 is 0 Å². The highest BCUT2D eigenvalue weighted by molar-refractivity contribution is 5.46. The summed E-state index contributed by atoms with van der Waals surface area (Å²) in [5, 5.41) is 8.66. The summed E-state index contributed by atoms with van der Waals surface area (Å²) >= 11 is 0. The Morgan fingerprint density at radius 1 is 1.39 bits per heavy atom. The fourth-order valence-electron chi connectivity index (χ4n) is 2.54. The number of rotatable bonds is 2. The van der Waals surface area contributed by atoms with Gasteiger partial charge in [-0.3, -0.25) is 0 Å². The Hall–Kier alpha value is -1.63. The molecule has 1 aromatic rings. The fraction of sp³-hybridized carbons (Fsp3) is 0.571. The van der Waals surface area contributed by atoms with E-state index < -0.39 is 5.82 Å². The molecule has 1 saturated carbocycles. The standard InChI is InChI=1S/C14H18FN3/c1-10-3-5-11(6-4-10)18(2)12-7-13(15)14(8-16)17-9-12/h7,9-11H,3-6H2,1-2H3. The Balaban J connectivity index is 2.11. The van der Waals surface area contributed by atoms with Gasteiger partial charge in [-0.05, 0) is 31.6 Å². The van der Waals surface area contributed by atoms with Crippen LogP contribution in [0.5, 0.6) is 0 Å². The van der Waals surface area contributed by atoms with Crippen molar-refractivity contribution < 1.29 is 4.39 Å². The highest BCUT2D eigenvalue weighted by atomic mass is 19.1. The number of hydrogen-bond donors (Lipinski definition) is 0. The topological polar surface area (TPSA) is 39.9 Å². The largest absolute Gasteiger partial charge is 0.370 e. The third kappa shape index (κ3) is 2.61. The second-order valence-electron chi connectivity index (χ2n) is 5.16. The molecule has 4 heteroatoms. The van der Waals surface area contributed by atoms with E-state index in [0.29, 0.717) is 6.04 Å². The first-order valence-electron chi connectivity index (χ1n) is 6.40. The van der Waals surface area contributed by atoms with Crippen LogP contribution in [0.1, 0.15) is 38.3 Å². The minimum atomic E-state index is -0.536. The molecule has 0 aromatic carbocycles. The van der Waals surface area contributed by atoms with Gasteiger partial charge in [0, 0.05) is 19.2 Å². The van der Waals surface area contributed by atoms with Gasteiger partial charge in [0.2, 0.25) is 0 Å². The number of nitriles is 1. The molecule has 1 aliphatic carbocycles. The molecule has 18 heavy (non-hydrogen) atoms. The van der Waals surface area contributed by atoms with E-state index in [9.17, 15) is 4.39 Å². The van der Waals surface area contributed by atoms with Gasteiger partial charge in [-0.2, -0.15) is 5.26 Å². The minimum Gasteiger partial charge on any atom is -0.370 e. The molecule has 0 radical (unpaired) electrons. The van der Waals surface area contributed by atoms with Gasteiger partial charge in [-0.25, -0.2) is 9.37 Å². The molecule has 2 rings (SSSR count). The molecule has 96 valence electrons. The molecule has 1 fully saturated rings. The van der Waals surface area contributed by atoms with Crippen LogP contribution >= 0.6 is 0 Å². The van der Waals surface area contributed by atoms with E-state index in [1.54, 1.807) is 12.3 Å². The van der Waals surface area contributed by atoms with Crippen molar-refractivity contribution >= 4 is 5.69 Å². The van der Waals surface area contributed by atoms with Crippen molar-refractivity contribution in [3.8, 4) is 6.07 Å². The van der Waals surface area contributed by atoms with Crippen molar-refractivity contribution in [2.75, 3.05) is 11.9 Å². The van der Waals surface area contributed by atoms with E-state index in [0.717, 1.165) is 24.4 Å². The lowest BCUT2D eigenvalue weighted by Gasteiger charge is -2.34. The SMILES string of the molecule is CC1CCC(N(C)c2cnc(C#N)c(F)c2)CC1. The molecular weight excluding hydrogens is 229 g/mol. The van der Waals surface area contributed by atoms with Crippen LogP contribution < -0.4 is 4.90 Å². The van der Waals surface area contributed by atoms with Crippen LogP contribution in [-0.4, -0.2) is 18.1 Å². The summed E-state index contributed by atoms with van der Waals surface area (Å²) in [4.78, 5) is 5.94.